The number of nitrogens with zero attached hydrogens (tertiary/aromatic N) is 1. The molecule has 2 aromatic carbocycles. The summed E-state index contributed by atoms with van der Waals surface area (Å²) in [6.07, 6.45) is 1.37. The molecule has 22 heavy (non-hydrogen) atoms. The van der Waals surface area contributed by atoms with Gasteiger partial charge in [0.05, 0.1) is 6.21 Å². The molecule has 114 valence electrons. The Labute approximate surface area is 146 Å². The number of amides is 1. The third kappa shape index (κ3) is 5.19. The van der Waals surface area contributed by atoms with E-state index in [1.807, 2.05) is 0 Å². The third-order valence-electron chi connectivity index (χ3n) is 2.55. The molecule has 0 saturated carbocycles. The molecule has 0 saturated heterocycles. The minimum absolute atomic E-state index is 0.0913. The lowest BCUT2D eigenvalue weighted by Gasteiger charge is -2.05. The second-order valence-electron chi connectivity index (χ2n) is 4.24. The molecule has 0 bridgehead atoms. The lowest BCUT2D eigenvalue weighted by Crippen LogP contribution is -2.24. The quantitative estimate of drug-likeness (QED) is 0.435. The number of nitrogens with one attached hydrogen (secondary N) is 1. The molecule has 2 rings (SSSR count). The van der Waals surface area contributed by atoms with Crippen LogP contribution < -0.4 is 10.2 Å². The van der Waals surface area contributed by atoms with E-state index in [9.17, 15) is 9.90 Å². The lowest BCUT2D eigenvalue weighted by molar-refractivity contribution is -0.123. The van der Waals surface area contributed by atoms with E-state index >= 15 is 0 Å². The van der Waals surface area contributed by atoms with Crippen molar-refractivity contribution in [2.24, 2.45) is 5.10 Å². The van der Waals surface area contributed by atoms with E-state index < -0.39 is 5.91 Å². The van der Waals surface area contributed by atoms with Crippen molar-refractivity contribution >= 4 is 46.3 Å². The maximum Gasteiger partial charge on any atom is 0.277 e. The van der Waals surface area contributed by atoms with Crippen molar-refractivity contribution in [3.05, 3.63) is 56.6 Å². The highest BCUT2D eigenvalue weighted by molar-refractivity contribution is 14.1. The number of hydrazone groups is 1. The van der Waals surface area contributed by atoms with Gasteiger partial charge in [0.25, 0.3) is 5.91 Å². The summed E-state index contributed by atoms with van der Waals surface area (Å²) in [5.41, 5.74) is 2.84. The summed E-state index contributed by atoms with van der Waals surface area (Å²) in [4.78, 5) is 11.6. The molecule has 1 amide bonds. The van der Waals surface area contributed by atoms with E-state index in [-0.39, 0.29) is 12.4 Å². The van der Waals surface area contributed by atoms with Crippen molar-refractivity contribution < 1.29 is 14.6 Å². The molecule has 2 N–H and O–H groups in total. The van der Waals surface area contributed by atoms with Crippen molar-refractivity contribution in [1.29, 1.82) is 0 Å². The number of rotatable bonds is 5. The maximum absolute atomic E-state index is 11.6. The van der Waals surface area contributed by atoms with Crippen molar-refractivity contribution in [3.8, 4) is 11.5 Å². The molecular weight excluding hydrogens is 419 g/mol. The van der Waals surface area contributed by atoms with Crippen LogP contribution in [0.4, 0.5) is 0 Å². The van der Waals surface area contributed by atoms with Gasteiger partial charge in [0.1, 0.15) is 11.5 Å². The highest BCUT2D eigenvalue weighted by atomic mass is 127. The molecule has 0 heterocycles. The molecule has 5 nitrogen and oxygen atoms in total. The van der Waals surface area contributed by atoms with Crippen LogP contribution in [0, 0.1) is 3.57 Å². The number of phenolic OH excluding ortho intramolecular Hbond substituents is 1. The largest absolute Gasteiger partial charge is 0.507 e. The van der Waals surface area contributed by atoms with Crippen molar-refractivity contribution in [3.63, 3.8) is 0 Å². The van der Waals surface area contributed by atoms with E-state index in [0.29, 0.717) is 16.3 Å². The summed E-state index contributed by atoms with van der Waals surface area (Å²) in [6, 6.07) is 11.8. The molecule has 7 heteroatoms. The first-order valence-corrected chi connectivity index (χ1v) is 7.69. The monoisotopic (exact) mass is 430 g/mol. The molecule has 0 radical (unpaired) electrons. The Morgan fingerprint density at radius 2 is 2.18 bits per heavy atom. The number of carbonyl (C=O) groups is 1. The van der Waals surface area contributed by atoms with Crippen molar-refractivity contribution in [2.45, 2.75) is 0 Å². The van der Waals surface area contributed by atoms with Crippen molar-refractivity contribution in [2.75, 3.05) is 6.61 Å². The first-order chi connectivity index (χ1) is 10.5. The summed E-state index contributed by atoms with van der Waals surface area (Å²) < 4.78 is 6.22. The van der Waals surface area contributed by atoms with Crippen LogP contribution in [0.1, 0.15) is 5.56 Å². The van der Waals surface area contributed by atoms with Crippen molar-refractivity contribution in [1.82, 2.24) is 5.43 Å². The van der Waals surface area contributed by atoms with Gasteiger partial charge >= 0.3 is 0 Å². The Hall–Kier alpha value is -1.80. The van der Waals surface area contributed by atoms with Gasteiger partial charge in [0.15, 0.2) is 6.61 Å². The summed E-state index contributed by atoms with van der Waals surface area (Å²) in [6.45, 7) is -0.185. The number of benzene rings is 2. The van der Waals surface area contributed by atoms with Crippen LogP contribution in [0.25, 0.3) is 0 Å². The molecule has 0 aliphatic heterocycles. The zero-order valence-electron chi connectivity index (χ0n) is 11.3. The normalized spacial score (nSPS) is 10.6. The Kier molecular flexibility index (Phi) is 6.02. The molecule has 0 atom stereocenters. The van der Waals surface area contributed by atoms with Gasteiger partial charge in [-0.15, -0.1) is 0 Å². The molecule has 0 fully saturated rings. The van der Waals surface area contributed by atoms with Crippen LogP contribution in [0.5, 0.6) is 11.5 Å². The first-order valence-electron chi connectivity index (χ1n) is 6.23. The van der Waals surface area contributed by atoms with Gasteiger partial charge in [0.2, 0.25) is 0 Å². The van der Waals surface area contributed by atoms with Gasteiger partial charge in [-0.3, -0.25) is 4.79 Å². The smallest absolute Gasteiger partial charge is 0.277 e. The van der Waals surface area contributed by atoms with Gasteiger partial charge < -0.3 is 9.84 Å². The average molecular weight is 431 g/mol. The van der Waals surface area contributed by atoms with Crippen LogP contribution in [0.15, 0.2) is 47.6 Å². The Balaban J connectivity index is 1.85. The minimum Gasteiger partial charge on any atom is -0.507 e. The van der Waals surface area contributed by atoms with Crippen LogP contribution >= 0.6 is 34.2 Å². The second kappa shape index (κ2) is 8.00. The van der Waals surface area contributed by atoms with Gasteiger partial charge in [0, 0.05) is 14.2 Å². The lowest BCUT2D eigenvalue weighted by atomic mass is 10.2. The Bertz CT molecular complexity index is 707. The van der Waals surface area contributed by atoms with Crippen LogP contribution in [0.2, 0.25) is 5.02 Å². The predicted octanol–water partition coefficient (Wildman–Crippen LogP) is 3.18. The number of phenols is 1. The fourth-order valence-electron chi connectivity index (χ4n) is 1.54. The minimum atomic E-state index is -0.415. The van der Waals surface area contributed by atoms with Gasteiger partial charge in [-0.05, 0) is 59.0 Å². The van der Waals surface area contributed by atoms with E-state index in [2.05, 4.69) is 33.1 Å². The van der Waals surface area contributed by atoms with Crippen LogP contribution in [0.3, 0.4) is 0 Å². The van der Waals surface area contributed by atoms with E-state index in [4.69, 9.17) is 16.3 Å². The molecule has 0 aliphatic carbocycles. The van der Waals surface area contributed by atoms with Gasteiger partial charge in [-0.25, -0.2) is 5.43 Å². The topological polar surface area (TPSA) is 70.9 Å². The highest BCUT2D eigenvalue weighted by Gasteiger charge is 2.02. The summed E-state index contributed by atoms with van der Waals surface area (Å²) in [7, 11) is 0. The van der Waals surface area contributed by atoms with E-state index in [1.54, 1.807) is 42.5 Å². The van der Waals surface area contributed by atoms with Gasteiger partial charge in [-0.2, -0.15) is 5.10 Å². The number of aromatic hydroxyl groups is 1. The Morgan fingerprint density at radius 1 is 1.36 bits per heavy atom. The fraction of sp³-hybridized carbons (Fsp3) is 0.0667. The summed E-state index contributed by atoms with van der Waals surface area (Å²) in [5.74, 6) is 0.178. The zero-order valence-corrected chi connectivity index (χ0v) is 14.2. The number of hydrogen-bond donors (Lipinski definition) is 2. The standard InChI is InChI=1S/C15H12ClIN2O3/c16-11-2-1-3-13(7-11)22-9-15(21)19-18-8-10-6-12(17)4-5-14(10)20/h1-8,20H,9H2,(H,19,21)/b18-8+. The summed E-state index contributed by atoms with van der Waals surface area (Å²) >= 11 is 7.93. The highest BCUT2D eigenvalue weighted by Crippen LogP contribution is 2.18. The van der Waals surface area contributed by atoms with Crippen LogP contribution in [-0.2, 0) is 4.79 Å². The predicted molar refractivity (Wildman–Crippen MR) is 93.5 cm³/mol. The number of ether oxygens (including phenoxy) is 1. The van der Waals surface area contributed by atoms with Gasteiger partial charge in [-0.1, -0.05) is 17.7 Å². The molecule has 0 unspecified atom stereocenters. The average Bonchev–Trinajstić information content (AvgIpc) is 2.49. The zero-order chi connectivity index (χ0) is 15.9. The number of hydrogen-bond acceptors (Lipinski definition) is 4. The molecular formula is C15H12ClIN2O3. The number of halogens is 2. The van der Waals surface area contributed by atoms with E-state index in [1.165, 1.54) is 6.21 Å². The molecule has 2 aromatic rings. The third-order valence-corrected chi connectivity index (χ3v) is 3.45. The number of carbonyl (C=O) groups excluding carboxylic acids is 1. The van der Waals surface area contributed by atoms with E-state index in [0.717, 1.165) is 3.57 Å². The first kappa shape index (κ1) is 16.6. The molecule has 0 spiro atoms. The summed E-state index contributed by atoms with van der Waals surface area (Å²) in [5, 5.41) is 13.9. The fourth-order valence-corrected chi connectivity index (χ4v) is 2.24. The maximum atomic E-state index is 11.6. The van der Waals surface area contributed by atoms with Crippen LogP contribution in [-0.4, -0.2) is 23.8 Å². The molecule has 0 aromatic heterocycles. The Morgan fingerprint density at radius 3 is 2.95 bits per heavy atom. The SMILES string of the molecule is O=C(COc1cccc(Cl)c1)N/N=C/c1cc(I)ccc1O. The second-order valence-corrected chi connectivity index (χ2v) is 5.92. The molecule has 0 aliphatic rings.